The van der Waals surface area contributed by atoms with Gasteiger partial charge in [0, 0.05) is 15.1 Å². The summed E-state index contributed by atoms with van der Waals surface area (Å²) in [5, 5.41) is 0.291. The molecule has 0 spiro atoms. The van der Waals surface area contributed by atoms with Gasteiger partial charge in [0.25, 0.3) is 0 Å². The zero-order valence-electron chi connectivity index (χ0n) is 10.9. The lowest BCUT2D eigenvalue weighted by atomic mass is 10.0. The van der Waals surface area contributed by atoms with Gasteiger partial charge in [-0.25, -0.2) is 0 Å². The van der Waals surface area contributed by atoms with E-state index in [2.05, 4.69) is 37.9 Å². The van der Waals surface area contributed by atoms with Gasteiger partial charge >= 0.3 is 0 Å². The van der Waals surface area contributed by atoms with Crippen LogP contribution in [-0.4, -0.2) is 7.11 Å². The van der Waals surface area contributed by atoms with Crippen LogP contribution in [0.25, 0.3) is 0 Å². The van der Waals surface area contributed by atoms with Gasteiger partial charge < -0.3 is 4.74 Å². The molecular weight excluding hydrogens is 427 g/mol. The Bertz CT molecular complexity index is 644. The van der Waals surface area contributed by atoms with Crippen LogP contribution >= 0.6 is 55.1 Å². The third-order valence-corrected chi connectivity index (χ3v) is 5.17. The lowest BCUT2D eigenvalue weighted by molar-refractivity contribution is 0.407. The van der Waals surface area contributed by atoms with Gasteiger partial charge in [0.05, 0.1) is 17.0 Å². The molecule has 0 heterocycles. The molecule has 0 saturated heterocycles. The van der Waals surface area contributed by atoms with Crippen LogP contribution in [0, 0.1) is 6.92 Å². The van der Waals surface area contributed by atoms with Crippen molar-refractivity contribution in [1.82, 2.24) is 0 Å². The number of methoxy groups -OCH3 is 1. The molecule has 2 rings (SSSR count). The lowest BCUT2D eigenvalue weighted by Crippen LogP contribution is -1.99. The van der Waals surface area contributed by atoms with Crippen molar-refractivity contribution in [2.75, 3.05) is 7.11 Å². The van der Waals surface area contributed by atoms with E-state index >= 15 is 0 Å². The minimum atomic E-state index is -0.327. The predicted molar refractivity (Wildman–Crippen MR) is 92.3 cm³/mol. The van der Waals surface area contributed by atoms with Crippen LogP contribution in [0.2, 0.25) is 5.02 Å². The van der Waals surface area contributed by atoms with Gasteiger partial charge in [-0.3, -0.25) is 0 Å². The van der Waals surface area contributed by atoms with Crippen molar-refractivity contribution >= 4 is 55.1 Å². The Labute approximate surface area is 145 Å². The van der Waals surface area contributed by atoms with Gasteiger partial charge in [0.15, 0.2) is 0 Å². The number of ether oxygens (including phenoxy) is 1. The van der Waals surface area contributed by atoms with Crippen LogP contribution in [-0.2, 0) is 0 Å². The molecule has 0 aliphatic rings. The summed E-state index contributed by atoms with van der Waals surface area (Å²) >= 11 is 19.7. The fraction of sp³-hybridized carbons (Fsp3) is 0.200. The zero-order valence-corrected chi connectivity index (χ0v) is 15.6. The van der Waals surface area contributed by atoms with Gasteiger partial charge in [-0.15, -0.1) is 11.6 Å². The minimum Gasteiger partial charge on any atom is -0.495 e. The van der Waals surface area contributed by atoms with Crippen LogP contribution in [0.5, 0.6) is 5.75 Å². The zero-order chi connectivity index (χ0) is 14.9. The second kappa shape index (κ2) is 6.69. The van der Waals surface area contributed by atoms with Crippen molar-refractivity contribution < 1.29 is 4.74 Å². The SMILES string of the molecule is COc1c(Br)cc(Cl)cc1C(Cl)c1ccc(Br)c(C)c1. The average Bonchev–Trinajstić information content (AvgIpc) is 2.40. The molecule has 0 amide bonds. The van der Waals surface area contributed by atoms with E-state index in [1.165, 1.54) is 0 Å². The number of halogens is 4. The molecule has 0 fully saturated rings. The molecule has 5 heteroatoms. The average molecular weight is 439 g/mol. The summed E-state index contributed by atoms with van der Waals surface area (Å²) in [5.74, 6) is 0.704. The largest absolute Gasteiger partial charge is 0.495 e. The fourth-order valence-corrected chi connectivity index (χ4v) is 3.53. The maximum atomic E-state index is 6.61. The second-order valence-electron chi connectivity index (χ2n) is 4.38. The number of aryl methyl sites for hydroxylation is 1. The first kappa shape index (κ1) is 16.2. The molecule has 0 radical (unpaired) electrons. The molecule has 0 N–H and O–H groups in total. The van der Waals surface area contributed by atoms with Crippen LogP contribution in [0.15, 0.2) is 39.3 Å². The Balaban J connectivity index is 2.52. The molecule has 1 unspecified atom stereocenters. The highest BCUT2D eigenvalue weighted by Crippen LogP contribution is 2.41. The Morgan fingerprint density at radius 2 is 1.80 bits per heavy atom. The van der Waals surface area contributed by atoms with Crippen molar-refractivity contribution in [3.8, 4) is 5.75 Å². The monoisotopic (exact) mass is 436 g/mol. The van der Waals surface area contributed by atoms with E-state index in [1.807, 2.05) is 25.1 Å². The highest BCUT2D eigenvalue weighted by Gasteiger charge is 2.19. The number of alkyl halides is 1. The van der Waals surface area contributed by atoms with E-state index in [-0.39, 0.29) is 5.38 Å². The summed E-state index contributed by atoms with van der Waals surface area (Å²) in [5.41, 5.74) is 2.98. The van der Waals surface area contributed by atoms with Gasteiger partial charge in [0.1, 0.15) is 5.75 Å². The first-order valence-corrected chi connectivity index (χ1v) is 8.27. The maximum Gasteiger partial charge on any atom is 0.138 e. The number of hydrogen-bond acceptors (Lipinski definition) is 1. The molecule has 1 nitrogen and oxygen atoms in total. The standard InChI is InChI=1S/C15H12Br2Cl2O/c1-8-5-9(3-4-12(8)16)14(19)11-6-10(18)7-13(17)15(11)20-2/h3-7,14H,1-2H3. The number of hydrogen-bond donors (Lipinski definition) is 0. The van der Waals surface area contributed by atoms with E-state index < -0.39 is 0 Å². The molecule has 0 saturated carbocycles. The summed E-state index contributed by atoms with van der Waals surface area (Å²) in [6.07, 6.45) is 0. The molecule has 1 atom stereocenters. The van der Waals surface area contributed by atoms with Crippen LogP contribution in [0.1, 0.15) is 22.1 Å². The molecular formula is C15H12Br2Cl2O. The van der Waals surface area contributed by atoms with E-state index in [0.717, 1.165) is 25.6 Å². The van der Waals surface area contributed by atoms with E-state index in [9.17, 15) is 0 Å². The Morgan fingerprint density at radius 1 is 1.10 bits per heavy atom. The van der Waals surface area contributed by atoms with Gasteiger partial charge in [-0.2, -0.15) is 0 Å². The molecule has 2 aromatic rings. The van der Waals surface area contributed by atoms with E-state index in [1.54, 1.807) is 13.2 Å². The Morgan fingerprint density at radius 3 is 2.40 bits per heavy atom. The van der Waals surface area contributed by atoms with E-state index in [4.69, 9.17) is 27.9 Å². The first-order valence-electron chi connectivity index (χ1n) is 5.87. The minimum absolute atomic E-state index is 0.327. The number of rotatable bonds is 3. The van der Waals surface area contributed by atoms with Gasteiger partial charge in [-0.05, 0) is 52.2 Å². The number of benzene rings is 2. The lowest BCUT2D eigenvalue weighted by Gasteiger charge is -2.17. The predicted octanol–water partition coefficient (Wildman–Crippen LogP) is 6.51. The van der Waals surface area contributed by atoms with Gasteiger partial charge in [0.2, 0.25) is 0 Å². The summed E-state index contributed by atoms with van der Waals surface area (Å²) in [6, 6.07) is 9.66. The van der Waals surface area contributed by atoms with Crippen LogP contribution < -0.4 is 4.74 Å². The quantitative estimate of drug-likeness (QED) is 0.496. The van der Waals surface area contributed by atoms with Crippen molar-refractivity contribution in [1.29, 1.82) is 0 Å². The molecule has 0 aliphatic heterocycles. The Kier molecular flexibility index (Phi) is 5.41. The third kappa shape index (κ3) is 3.33. The van der Waals surface area contributed by atoms with E-state index in [0.29, 0.717) is 10.8 Å². The molecule has 0 aliphatic carbocycles. The first-order chi connectivity index (χ1) is 9.43. The normalized spacial score (nSPS) is 12.3. The highest BCUT2D eigenvalue weighted by molar-refractivity contribution is 9.10. The van der Waals surface area contributed by atoms with Crippen molar-refractivity contribution in [3.63, 3.8) is 0 Å². The van der Waals surface area contributed by atoms with Crippen molar-refractivity contribution in [3.05, 3.63) is 61.0 Å². The smallest absolute Gasteiger partial charge is 0.138 e. The molecule has 106 valence electrons. The van der Waals surface area contributed by atoms with Gasteiger partial charge in [-0.1, -0.05) is 39.7 Å². The van der Waals surface area contributed by atoms with Crippen molar-refractivity contribution in [2.45, 2.75) is 12.3 Å². The van der Waals surface area contributed by atoms with Crippen LogP contribution in [0.3, 0.4) is 0 Å². The van der Waals surface area contributed by atoms with Crippen LogP contribution in [0.4, 0.5) is 0 Å². The summed E-state index contributed by atoms with van der Waals surface area (Å²) in [4.78, 5) is 0. The molecule has 2 aromatic carbocycles. The third-order valence-electron chi connectivity index (χ3n) is 2.99. The summed E-state index contributed by atoms with van der Waals surface area (Å²) in [6.45, 7) is 2.03. The summed E-state index contributed by atoms with van der Waals surface area (Å²) in [7, 11) is 1.62. The van der Waals surface area contributed by atoms with Crippen molar-refractivity contribution in [2.24, 2.45) is 0 Å². The Hall–Kier alpha value is -0.220. The maximum absolute atomic E-state index is 6.61. The topological polar surface area (TPSA) is 9.23 Å². The molecule has 0 bridgehead atoms. The molecule has 20 heavy (non-hydrogen) atoms. The second-order valence-corrected chi connectivity index (χ2v) is 6.96. The summed E-state index contributed by atoms with van der Waals surface area (Å²) < 4.78 is 7.28. The molecule has 0 aromatic heterocycles. The fourth-order valence-electron chi connectivity index (χ4n) is 1.99. The highest BCUT2D eigenvalue weighted by atomic mass is 79.9.